The second-order valence-corrected chi connectivity index (χ2v) is 9.34. The fourth-order valence-corrected chi connectivity index (χ4v) is 6.61. The Bertz CT molecular complexity index is 595. The minimum Gasteiger partial charge on any atom is -0.457 e. The Labute approximate surface area is 144 Å². The Balaban J connectivity index is 1.66. The Morgan fingerprint density at radius 2 is 1.96 bits per heavy atom. The van der Waals surface area contributed by atoms with Gasteiger partial charge < -0.3 is 10.5 Å². The number of carbonyl (C=O) groups is 2. The lowest BCUT2D eigenvalue weighted by Gasteiger charge is -2.58. The van der Waals surface area contributed by atoms with Crippen LogP contribution in [-0.2, 0) is 14.3 Å². The van der Waals surface area contributed by atoms with Crippen molar-refractivity contribution in [3.05, 3.63) is 12.3 Å². The molecule has 6 heteroatoms. The zero-order chi connectivity index (χ0) is 16.8. The van der Waals surface area contributed by atoms with Gasteiger partial charge in [-0.2, -0.15) is 5.26 Å². The lowest BCUT2D eigenvalue weighted by atomic mass is 9.49. The monoisotopic (exact) mass is 381 g/mol. The van der Waals surface area contributed by atoms with Crippen molar-refractivity contribution < 1.29 is 20.1 Å². The van der Waals surface area contributed by atoms with Gasteiger partial charge in [0, 0.05) is 4.32 Å². The van der Waals surface area contributed by atoms with Crippen LogP contribution in [0.1, 0.15) is 38.5 Å². The van der Waals surface area contributed by atoms with E-state index in [4.69, 9.17) is 10.00 Å². The van der Waals surface area contributed by atoms with Crippen LogP contribution in [0.3, 0.4) is 0 Å². The number of quaternary nitrogens is 1. The van der Waals surface area contributed by atoms with Gasteiger partial charge in [0.2, 0.25) is 0 Å². The summed E-state index contributed by atoms with van der Waals surface area (Å²) in [5, 5.41) is 8.98. The summed E-state index contributed by atoms with van der Waals surface area (Å²) in [7, 11) is 0. The number of hydrogen-bond donors (Lipinski definition) is 1. The molecule has 3 atom stereocenters. The summed E-state index contributed by atoms with van der Waals surface area (Å²) in [6, 6.07) is 1.86. The highest BCUT2D eigenvalue weighted by atomic mass is 79.9. The largest absolute Gasteiger partial charge is 0.457 e. The quantitative estimate of drug-likeness (QED) is 0.579. The number of allylic oxidation sites excluding steroid dienone is 1. The maximum Gasteiger partial charge on any atom is 0.312 e. The number of halogens is 1. The number of nitrogens with zero attached hydrogens (tertiary/aromatic N) is 1. The summed E-state index contributed by atoms with van der Waals surface area (Å²) in [6.07, 6.45) is 6.01. The van der Waals surface area contributed by atoms with E-state index in [1.807, 2.05) is 6.07 Å². The molecule has 4 aliphatic carbocycles. The van der Waals surface area contributed by atoms with Gasteiger partial charge in [0.25, 0.3) is 0 Å². The minimum atomic E-state index is -0.998. The summed E-state index contributed by atoms with van der Waals surface area (Å²) < 4.78 is 5.40. The molecular formula is C17H22BrN2O3+. The predicted octanol–water partition coefficient (Wildman–Crippen LogP) is 1.73. The molecule has 4 fully saturated rings. The number of rotatable bonds is 5. The van der Waals surface area contributed by atoms with E-state index >= 15 is 0 Å². The molecule has 0 radical (unpaired) electrons. The molecule has 0 aromatic rings. The van der Waals surface area contributed by atoms with Crippen molar-refractivity contribution in [2.24, 2.45) is 23.2 Å². The van der Waals surface area contributed by atoms with Gasteiger partial charge in [-0.3, -0.25) is 9.59 Å². The van der Waals surface area contributed by atoms with Crippen LogP contribution in [0.15, 0.2) is 12.3 Å². The molecule has 4 saturated carbocycles. The standard InChI is InChI=1S/C17H21BrN2O3/c1-10(20)13(7-19)14(21)8-23-15(22)16-3-11-2-12(4-16)6-17(18,5-11)9-16/h11-13H,1-6,8-9,20H2/p+1/t11-,12-,13-,16?,17?/m0/s1. The van der Waals surface area contributed by atoms with Crippen LogP contribution in [0.25, 0.3) is 0 Å². The van der Waals surface area contributed by atoms with Crippen molar-refractivity contribution in [3.8, 4) is 6.07 Å². The second kappa shape index (κ2) is 5.71. The van der Waals surface area contributed by atoms with E-state index in [0.29, 0.717) is 11.8 Å². The number of ketones is 1. The van der Waals surface area contributed by atoms with Crippen molar-refractivity contribution in [2.45, 2.75) is 42.8 Å². The molecule has 0 unspecified atom stereocenters. The van der Waals surface area contributed by atoms with Gasteiger partial charge in [-0.1, -0.05) is 15.9 Å². The first-order chi connectivity index (χ1) is 10.8. The molecule has 0 amide bonds. The molecule has 5 nitrogen and oxygen atoms in total. The number of Topliss-reactive ketones (excluding diaryl/α,β-unsaturated/α-hetero) is 1. The maximum atomic E-state index is 12.7. The lowest BCUT2D eigenvalue weighted by molar-refractivity contribution is -0.309. The molecular weight excluding hydrogens is 360 g/mol. The van der Waals surface area contributed by atoms with Crippen molar-refractivity contribution in [3.63, 3.8) is 0 Å². The van der Waals surface area contributed by atoms with Gasteiger partial charge in [0.15, 0.2) is 18.3 Å². The van der Waals surface area contributed by atoms with E-state index in [2.05, 4.69) is 28.2 Å². The van der Waals surface area contributed by atoms with E-state index in [9.17, 15) is 9.59 Å². The highest BCUT2D eigenvalue weighted by Gasteiger charge is 2.60. The van der Waals surface area contributed by atoms with Crippen LogP contribution >= 0.6 is 15.9 Å². The smallest absolute Gasteiger partial charge is 0.312 e. The first kappa shape index (κ1) is 16.7. The van der Waals surface area contributed by atoms with E-state index in [0.717, 1.165) is 32.1 Å². The van der Waals surface area contributed by atoms with E-state index in [-0.39, 0.29) is 22.6 Å². The normalized spacial score (nSPS) is 38.7. The van der Waals surface area contributed by atoms with Gasteiger partial charge in [-0.05, 0) is 56.9 Å². The SMILES string of the molecule is C=C([NH3+])[C@H](C#N)C(=O)COC(=O)C12C[C@@H]3C[C@H](CC(Br)(C3)C1)C2. The van der Waals surface area contributed by atoms with Gasteiger partial charge in [-0.25, -0.2) is 0 Å². The minimum absolute atomic E-state index is 0.0664. The van der Waals surface area contributed by atoms with Crippen molar-refractivity contribution >= 4 is 27.7 Å². The average molecular weight is 382 g/mol. The number of alkyl halides is 1. The van der Waals surface area contributed by atoms with Crippen LogP contribution in [-0.4, -0.2) is 22.7 Å². The van der Waals surface area contributed by atoms with Crippen molar-refractivity contribution in [2.75, 3.05) is 6.61 Å². The Morgan fingerprint density at radius 1 is 1.35 bits per heavy atom. The van der Waals surface area contributed by atoms with Gasteiger partial charge in [0.1, 0.15) is 5.70 Å². The molecule has 0 heterocycles. The number of hydrogen-bond acceptors (Lipinski definition) is 4. The molecule has 0 aliphatic heterocycles. The summed E-state index contributed by atoms with van der Waals surface area (Å²) in [5.41, 5.74) is 3.33. The first-order valence-corrected chi connectivity index (χ1v) is 8.85. The predicted molar refractivity (Wildman–Crippen MR) is 85.9 cm³/mol. The van der Waals surface area contributed by atoms with Gasteiger partial charge in [-0.15, -0.1) is 0 Å². The Hall–Kier alpha value is -1.19. The zero-order valence-corrected chi connectivity index (χ0v) is 14.7. The van der Waals surface area contributed by atoms with Crippen molar-refractivity contribution in [1.29, 1.82) is 5.26 Å². The third-order valence-corrected chi connectivity index (χ3v) is 6.56. The number of esters is 1. The molecule has 4 rings (SSSR count). The highest BCUT2D eigenvalue weighted by Crippen LogP contribution is 2.64. The fourth-order valence-electron chi connectivity index (χ4n) is 5.15. The van der Waals surface area contributed by atoms with E-state index in [1.165, 1.54) is 6.42 Å². The maximum absolute atomic E-state index is 12.7. The first-order valence-electron chi connectivity index (χ1n) is 8.06. The fraction of sp³-hybridized carbons (Fsp3) is 0.706. The van der Waals surface area contributed by atoms with Crippen LogP contribution in [0.4, 0.5) is 0 Å². The van der Waals surface area contributed by atoms with Crippen LogP contribution < -0.4 is 5.73 Å². The lowest BCUT2D eigenvalue weighted by Crippen LogP contribution is -2.56. The summed E-state index contributed by atoms with van der Waals surface area (Å²) in [5.74, 6) is -0.563. The summed E-state index contributed by atoms with van der Waals surface area (Å²) >= 11 is 3.86. The summed E-state index contributed by atoms with van der Waals surface area (Å²) in [6.45, 7) is 3.17. The average Bonchev–Trinajstić information content (AvgIpc) is 2.42. The molecule has 124 valence electrons. The molecule has 0 aromatic carbocycles. The van der Waals surface area contributed by atoms with Crippen molar-refractivity contribution in [1.82, 2.24) is 0 Å². The molecule has 23 heavy (non-hydrogen) atoms. The molecule has 0 aromatic heterocycles. The number of ether oxygens (including phenoxy) is 1. The van der Waals surface area contributed by atoms with Gasteiger partial charge in [0.05, 0.1) is 11.5 Å². The topological polar surface area (TPSA) is 94.8 Å². The van der Waals surface area contributed by atoms with E-state index < -0.39 is 17.1 Å². The number of nitriles is 1. The third kappa shape index (κ3) is 2.97. The molecule has 0 spiro atoms. The van der Waals surface area contributed by atoms with Crippen LogP contribution in [0.2, 0.25) is 0 Å². The number of carbonyl (C=O) groups excluding carboxylic acids is 2. The second-order valence-electron chi connectivity index (χ2n) is 7.66. The molecule has 4 aliphatic rings. The molecule has 4 bridgehead atoms. The summed E-state index contributed by atoms with van der Waals surface area (Å²) in [4.78, 5) is 24.7. The Morgan fingerprint density at radius 3 is 2.43 bits per heavy atom. The highest BCUT2D eigenvalue weighted by molar-refractivity contribution is 9.10. The Kier molecular flexibility index (Phi) is 4.14. The van der Waals surface area contributed by atoms with E-state index in [1.54, 1.807) is 0 Å². The zero-order valence-electron chi connectivity index (χ0n) is 13.1. The third-order valence-electron chi connectivity index (χ3n) is 5.63. The van der Waals surface area contributed by atoms with Gasteiger partial charge >= 0.3 is 5.97 Å². The van der Waals surface area contributed by atoms with Crippen LogP contribution in [0.5, 0.6) is 0 Å². The molecule has 3 N–H and O–H groups in total. The van der Waals surface area contributed by atoms with Crippen LogP contribution in [0, 0.1) is 34.5 Å². The molecule has 0 saturated heterocycles.